The van der Waals surface area contributed by atoms with E-state index in [1.54, 1.807) is 12.1 Å². The maximum atomic E-state index is 12.9. The number of benzene rings is 1. The smallest absolute Gasteiger partial charge is 0.256 e. The summed E-state index contributed by atoms with van der Waals surface area (Å²) < 4.78 is 24.1. The van der Waals surface area contributed by atoms with Gasteiger partial charge in [0.1, 0.15) is 0 Å². The van der Waals surface area contributed by atoms with E-state index in [0.29, 0.717) is 29.2 Å². The third kappa shape index (κ3) is 4.28. The Hall–Kier alpha value is -3.01. The largest absolute Gasteiger partial charge is 0.493 e. The second-order valence-corrected chi connectivity index (χ2v) is 7.96. The Morgan fingerprint density at radius 2 is 2.27 bits per heavy atom. The Bertz CT molecular complexity index is 993. The minimum atomic E-state index is -0.453. The molecule has 2 amide bonds. The maximum absolute atomic E-state index is 12.9. The molecule has 0 bridgehead atoms. The molecule has 4 rings (SSSR count). The van der Waals surface area contributed by atoms with E-state index in [0.717, 1.165) is 36.9 Å². The van der Waals surface area contributed by atoms with Gasteiger partial charge in [-0.2, -0.15) is 4.39 Å². The molecule has 1 atom stereocenters. The van der Waals surface area contributed by atoms with E-state index < -0.39 is 5.13 Å². The zero-order chi connectivity index (χ0) is 21.1. The molecule has 30 heavy (non-hydrogen) atoms. The number of aliphatic imine (C=N–C) groups is 1. The quantitative estimate of drug-likeness (QED) is 0.677. The second kappa shape index (κ2) is 8.78. The third-order valence-electron chi connectivity index (χ3n) is 4.99. The number of carbonyl (C=O) groups is 2. The Morgan fingerprint density at radius 3 is 3.03 bits per heavy atom. The normalized spacial score (nSPS) is 17.3. The van der Waals surface area contributed by atoms with Crippen molar-refractivity contribution in [1.29, 1.82) is 0 Å². The second-order valence-electron chi connectivity index (χ2n) is 6.98. The van der Waals surface area contributed by atoms with Crippen LogP contribution in [0.4, 0.5) is 15.2 Å². The van der Waals surface area contributed by atoms with E-state index in [2.05, 4.69) is 15.3 Å². The maximum Gasteiger partial charge on any atom is 0.256 e. The highest BCUT2D eigenvalue weighted by atomic mass is 32.1. The molecule has 0 aliphatic carbocycles. The number of thiazole rings is 1. The minimum absolute atomic E-state index is 0.0325. The van der Waals surface area contributed by atoms with Gasteiger partial charge in [-0.25, -0.2) is 4.98 Å². The van der Waals surface area contributed by atoms with Crippen LogP contribution in [0.2, 0.25) is 0 Å². The van der Waals surface area contributed by atoms with Gasteiger partial charge in [-0.3, -0.25) is 14.6 Å². The fourth-order valence-corrected chi connectivity index (χ4v) is 4.09. The number of hydrogen-bond acceptors (Lipinski definition) is 7. The van der Waals surface area contributed by atoms with Crippen molar-refractivity contribution in [2.45, 2.75) is 31.7 Å². The summed E-state index contributed by atoms with van der Waals surface area (Å²) in [4.78, 5) is 34.9. The van der Waals surface area contributed by atoms with Crippen LogP contribution in [0.15, 0.2) is 23.3 Å². The molecule has 2 aromatic rings. The number of aromatic nitrogens is 1. The van der Waals surface area contributed by atoms with Crippen LogP contribution >= 0.6 is 11.3 Å². The summed E-state index contributed by atoms with van der Waals surface area (Å²) in [6, 6.07) is 3.39. The number of nitrogens with zero attached hydrogens (tertiary/aromatic N) is 3. The first kappa shape index (κ1) is 20.3. The van der Waals surface area contributed by atoms with Gasteiger partial charge in [0, 0.05) is 25.2 Å². The van der Waals surface area contributed by atoms with Gasteiger partial charge < -0.3 is 19.7 Å². The van der Waals surface area contributed by atoms with Gasteiger partial charge in [-0.1, -0.05) is 11.3 Å². The van der Waals surface area contributed by atoms with Crippen LogP contribution in [0.5, 0.6) is 11.5 Å². The summed E-state index contributed by atoms with van der Waals surface area (Å²) in [6.07, 6.45) is 5.41. The molecule has 10 heteroatoms. The molecule has 3 heterocycles. The van der Waals surface area contributed by atoms with Crippen molar-refractivity contribution >= 4 is 40.2 Å². The van der Waals surface area contributed by atoms with Gasteiger partial charge in [-0.15, -0.1) is 0 Å². The summed E-state index contributed by atoms with van der Waals surface area (Å²) in [5, 5.41) is 2.32. The molecule has 158 valence electrons. The molecule has 0 unspecified atom stereocenters. The highest BCUT2D eigenvalue weighted by Crippen LogP contribution is 2.38. The SMILES string of the molecule is COc1cc2c(cc1OCCCC(=O)Nc1ncc(F)s1)N=C[C@@H]1CCCN1C2=O. The van der Waals surface area contributed by atoms with Gasteiger partial charge in [0.15, 0.2) is 21.8 Å². The Labute approximate surface area is 176 Å². The van der Waals surface area contributed by atoms with E-state index in [-0.39, 0.29) is 36.0 Å². The summed E-state index contributed by atoms with van der Waals surface area (Å²) in [6.45, 7) is 0.992. The number of amides is 2. The molecule has 0 saturated carbocycles. The lowest BCUT2D eigenvalue weighted by atomic mass is 10.1. The fourth-order valence-electron chi connectivity index (χ4n) is 3.53. The molecular formula is C20H21FN4O4S. The lowest BCUT2D eigenvalue weighted by Gasteiger charge is -2.20. The fraction of sp³-hybridized carbons (Fsp3) is 0.400. The van der Waals surface area contributed by atoms with Crippen LogP contribution in [0.25, 0.3) is 0 Å². The molecule has 0 spiro atoms. The molecule has 1 fully saturated rings. The molecule has 8 nitrogen and oxygen atoms in total. The van der Waals surface area contributed by atoms with Crippen molar-refractivity contribution in [2.75, 3.05) is 25.6 Å². The number of halogens is 1. The number of fused-ring (bicyclic) bond motifs is 2. The van der Waals surface area contributed by atoms with Crippen LogP contribution < -0.4 is 14.8 Å². The predicted octanol–water partition coefficient (Wildman–Crippen LogP) is 3.41. The highest BCUT2D eigenvalue weighted by Gasteiger charge is 2.32. The molecule has 1 N–H and O–H groups in total. The number of hydrogen-bond donors (Lipinski definition) is 1. The average molecular weight is 432 g/mol. The summed E-state index contributed by atoms with van der Waals surface area (Å²) in [5.41, 5.74) is 1.05. The first-order chi connectivity index (χ1) is 14.5. The van der Waals surface area contributed by atoms with Gasteiger partial charge >= 0.3 is 0 Å². The van der Waals surface area contributed by atoms with E-state index in [1.165, 1.54) is 7.11 Å². The first-order valence-electron chi connectivity index (χ1n) is 9.66. The summed E-state index contributed by atoms with van der Waals surface area (Å²) in [7, 11) is 1.51. The van der Waals surface area contributed by atoms with E-state index >= 15 is 0 Å². The van der Waals surface area contributed by atoms with E-state index in [4.69, 9.17) is 9.47 Å². The summed E-state index contributed by atoms with van der Waals surface area (Å²) >= 11 is 0.776. The topological polar surface area (TPSA) is 93.1 Å². The lowest BCUT2D eigenvalue weighted by molar-refractivity contribution is -0.116. The van der Waals surface area contributed by atoms with Crippen LogP contribution in [-0.4, -0.2) is 54.2 Å². The Kier molecular flexibility index (Phi) is 5.93. The van der Waals surface area contributed by atoms with E-state index in [1.807, 2.05) is 11.1 Å². The zero-order valence-corrected chi connectivity index (χ0v) is 17.2. The van der Waals surface area contributed by atoms with Crippen molar-refractivity contribution in [3.05, 3.63) is 29.0 Å². The number of methoxy groups -OCH3 is 1. The zero-order valence-electron chi connectivity index (χ0n) is 16.4. The molecule has 2 aliphatic heterocycles. The molecule has 1 saturated heterocycles. The van der Waals surface area contributed by atoms with Gasteiger partial charge in [-0.05, 0) is 25.3 Å². The van der Waals surface area contributed by atoms with Crippen molar-refractivity contribution in [2.24, 2.45) is 4.99 Å². The van der Waals surface area contributed by atoms with Gasteiger partial charge in [0.25, 0.3) is 5.91 Å². The third-order valence-corrected chi connectivity index (χ3v) is 5.69. The summed E-state index contributed by atoms with van der Waals surface area (Å²) in [5.74, 6) is 0.589. The van der Waals surface area contributed by atoms with E-state index in [9.17, 15) is 14.0 Å². The molecule has 1 aromatic carbocycles. The number of rotatable bonds is 7. The standard InChI is InChI=1S/C20H21FN4O4S/c1-28-15-8-13-14(22-10-12-4-2-6-25(12)19(13)27)9-16(15)29-7-3-5-18(26)24-20-23-11-17(21)30-20/h8-12H,2-7H2,1H3,(H,23,24,26)/t12-/m0/s1. The number of anilines is 1. The van der Waals surface area contributed by atoms with Gasteiger partial charge in [0.2, 0.25) is 5.91 Å². The van der Waals surface area contributed by atoms with Crippen LogP contribution in [0.3, 0.4) is 0 Å². The number of nitrogens with one attached hydrogen (secondary N) is 1. The van der Waals surface area contributed by atoms with Crippen molar-refractivity contribution in [3.63, 3.8) is 0 Å². The molecular weight excluding hydrogens is 411 g/mol. The molecule has 0 radical (unpaired) electrons. The first-order valence-corrected chi connectivity index (χ1v) is 10.5. The Morgan fingerprint density at radius 1 is 1.40 bits per heavy atom. The molecule has 1 aromatic heterocycles. The minimum Gasteiger partial charge on any atom is -0.493 e. The van der Waals surface area contributed by atoms with Crippen molar-refractivity contribution < 1.29 is 23.5 Å². The highest BCUT2D eigenvalue weighted by molar-refractivity contribution is 7.14. The monoisotopic (exact) mass is 432 g/mol. The van der Waals surface area contributed by atoms with Gasteiger partial charge in [0.05, 0.1) is 37.2 Å². The predicted molar refractivity (Wildman–Crippen MR) is 111 cm³/mol. The Balaban J connectivity index is 1.38. The number of ether oxygens (including phenoxy) is 2. The average Bonchev–Trinajstić information content (AvgIpc) is 3.35. The number of carbonyl (C=O) groups excluding carboxylic acids is 2. The van der Waals surface area contributed by atoms with Crippen molar-refractivity contribution in [3.8, 4) is 11.5 Å². The van der Waals surface area contributed by atoms with Crippen LogP contribution in [0, 0.1) is 5.13 Å². The van der Waals surface area contributed by atoms with Crippen LogP contribution in [-0.2, 0) is 4.79 Å². The van der Waals surface area contributed by atoms with Crippen molar-refractivity contribution in [1.82, 2.24) is 9.88 Å². The molecule has 2 aliphatic rings. The van der Waals surface area contributed by atoms with Crippen LogP contribution in [0.1, 0.15) is 36.0 Å². The lowest BCUT2D eigenvalue weighted by Crippen LogP contribution is -2.35.